The van der Waals surface area contributed by atoms with E-state index in [2.05, 4.69) is 28.7 Å². The lowest BCUT2D eigenvalue weighted by atomic mass is 9.75. The minimum absolute atomic E-state index is 0.271. The van der Waals surface area contributed by atoms with E-state index in [1.165, 1.54) is 42.5 Å². The molecule has 2 aliphatic rings. The van der Waals surface area contributed by atoms with Gasteiger partial charge in [-0.1, -0.05) is 31.0 Å². The van der Waals surface area contributed by atoms with Crippen LogP contribution in [0.1, 0.15) is 48.4 Å². The molecular weight excluding hydrogens is 362 g/mol. The zero-order chi connectivity index (χ0) is 18.3. The molecule has 0 radical (unpaired) electrons. The Hall–Kier alpha value is -1.14. The fourth-order valence-electron chi connectivity index (χ4n) is 4.47. The highest BCUT2D eigenvalue weighted by Gasteiger charge is 2.32. The molecule has 3 heterocycles. The lowest BCUT2D eigenvalue weighted by Gasteiger charge is -2.41. The smallest absolute Gasteiger partial charge is 0.232 e. The number of aryl methyl sites for hydroxylation is 3. The van der Waals surface area contributed by atoms with Gasteiger partial charge in [-0.2, -0.15) is 0 Å². The van der Waals surface area contributed by atoms with Gasteiger partial charge in [0, 0.05) is 23.4 Å². The molecule has 2 aromatic rings. The predicted octanol–water partition coefficient (Wildman–Crippen LogP) is 4.75. The highest BCUT2D eigenvalue weighted by atomic mass is 32.2. The Morgan fingerprint density at radius 1 is 1.15 bits per heavy atom. The summed E-state index contributed by atoms with van der Waals surface area (Å²) in [5.74, 6) is 3.14. The summed E-state index contributed by atoms with van der Waals surface area (Å²) in [5.41, 5.74) is 1.25. The number of rotatable bonds is 3. The number of amides is 1. The first-order valence-corrected chi connectivity index (χ1v) is 11.5. The topological polar surface area (TPSA) is 46.1 Å². The number of thioether (sulfide) groups is 1. The van der Waals surface area contributed by atoms with E-state index in [1.54, 1.807) is 23.1 Å². The van der Waals surface area contributed by atoms with Gasteiger partial charge in [0.05, 0.1) is 5.75 Å². The van der Waals surface area contributed by atoms with Crippen molar-refractivity contribution >= 4 is 39.2 Å². The molecule has 6 heteroatoms. The summed E-state index contributed by atoms with van der Waals surface area (Å²) >= 11 is 3.31. The number of thiophene rings is 1. The summed E-state index contributed by atoms with van der Waals surface area (Å²) in [6.07, 6.45) is 6.60. The quantitative estimate of drug-likeness (QED) is 0.561. The predicted molar refractivity (Wildman–Crippen MR) is 109 cm³/mol. The lowest BCUT2D eigenvalue weighted by molar-refractivity contribution is -0.131. The molecule has 1 saturated carbocycles. The van der Waals surface area contributed by atoms with Crippen molar-refractivity contribution in [3.63, 3.8) is 0 Å². The van der Waals surface area contributed by atoms with Crippen LogP contribution in [0.25, 0.3) is 10.2 Å². The molecule has 1 aliphatic heterocycles. The number of fused-ring (bicyclic) bond motifs is 2. The monoisotopic (exact) mass is 389 g/mol. The number of carbonyl (C=O) groups excluding carboxylic acids is 1. The first kappa shape index (κ1) is 18.2. The van der Waals surface area contributed by atoms with E-state index in [0.717, 1.165) is 46.0 Å². The molecule has 140 valence electrons. The molecule has 1 saturated heterocycles. The van der Waals surface area contributed by atoms with E-state index in [1.807, 2.05) is 6.92 Å². The van der Waals surface area contributed by atoms with Gasteiger partial charge >= 0.3 is 0 Å². The number of piperidine rings is 1. The molecule has 0 N–H and O–H groups in total. The fourth-order valence-corrected chi connectivity index (χ4v) is 6.64. The third-order valence-electron chi connectivity index (χ3n) is 6.08. The van der Waals surface area contributed by atoms with Crippen LogP contribution in [-0.4, -0.2) is 39.6 Å². The van der Waals surface area contributed by atoms with E-state index in [4.69, 9.17) is 0 Å². The highest BCUT2D eigenvalue weighted by Crippen LogP contribution is 2.37. The maximum atomic E-state index is 12.8. The number of likely N-dealkylation sites (tertiary alicyclic amines) is 1. The number of nitrogens with zero attached hydrogens (tertiary/aromatic N) is 3. The standard InChI is InChI=1S/C20H27N3OS2/c1-12-13(2)26-20-18(12)19(21-14(3)22-20)25-11-17(24)23-9-8-15-6-4-5-7-16(15)10-23/h15-16H,4-11H2,1-3H3/t15-,16+/m1/s1. The summed E-state index contributed by atoms with van der Waals surface area (Å²) in [4.78, 5) is 26.5. The van der Waals surface area contributed by atoms with Gasteiger partial charge in [0.1, 0.15) is 15.7 Å². The van der Waals surface area contributed by atoms with Crippen molar-refractivity contribution < 1.29 is 4.79 Å². The number of carbonyl (C=O) groups is 1. The zero-order valence-corrected chi connectivity index (χ0v) is 17.5. The SMILES string of the molecule is Cc1nc(SCC(=O)N2CC[C@H]3CCCC[C@H]3C2)c2c(C)c(C)sc2n1. The van der Waals surface area contributed by atoms with Crippen molar-refractivity contribution in [3.8, 4) is 0 Å². The molecule has 26 heavy (non-hydrogen) atoms. The van der Waals surface area contributed by atoms with Crippen LogP contribution in [0.5, 0.6) is 0 Å². The van der Waals surface area contributed by atoms with Crippen LogP contribution in [0.4, 0.5) is 0 Å². The number of hydrogen-bond donors (Lipinski definition) is 0. The molecule has 1 amide bonds. The molecule has 0 aromatic carbocycles. The molecule has 0 unspecified atom stereocenters. The van der Waals surface area contributed by atoms with E-state index >= 15 is 0 Å². The minimum Gasteiger partial charge on any atom is -0.342 e. The second-order valence-electron chi connectivity index (χ2n) is 7.76. The Bertz CT molecular complexity index is 832. The van der Waals surface area contributed by atoms with Crippen molar-refractivity contribution in [3.05, 3.63) is 16.3 Å². The summed E-state index contributed by atoms with van der Waals surface area (Å²) in [7, 11) is 0. The van der Waals surface area contributed by atoms with Crippen LogP contribution >= 0.6 is 23.1 Å². The zero-order valence-electron chi connectivity index (χ0n) is 15.9. The minimum atomic E-state index is 0.271. The molecule has 2 aromatic heterocycles. The molecule has 1 aliphatic carbocycles. The van der Waals surface area contributed by atoms with Crippen molar-refractivity contribution in [2.45, 2.75) is 57.9 Å². The van der Waals surface area contributed by atoms with E-state index in [9.17, 15) is 4.79 Å². The van der Waals surface area contributed by atoms with Crippen LogP contribution < -0.4 is 0 Å². The van der Waals surface area contributed by atoms with Crippen LogP contribution in [0, 0.1) is 32.6 Å². The Kier molecular flexibility index (Phi) is 5.24. The normalized spacial score (nSPS) is 23.3. The largest absolute Gasteiger partial charge is 0.342 e. The second-order valence-corrected chi connectivity index (χ2v) is 9.93. The lowest BCUT2D eigenvalue weighted by Crippen LogP contribution is -2.45. The first-order valence-electron chi connectivity index (χ1n) is 9.68. The van der Waals surface area contributed by atoms with Crippen molar-refractivity contribution in [1.82, 2.24) is 14.9 Å². The van der Waals surface area contributed by atoms with E-state index in [-0.39, 0.29) is 5.91 Å². The Labute approximate surface area is 163 Å². The molecule has 0 bridgehead atoms. The summed E-state index contributed by atoms with van der Waals surface area (Å²) < 4.78 is 0. The van der Waals surface area contributed by atoms with Crippen LogP contribution in [-0.2, 0) is 4.79 Å². The van der Waals surface area contributed by atoms with Crippen molar-refractivity contribution in [2.24, 2.45) is 11.8 Å². The fraction of sp³-hybridized carbons (Fsp3) is 0.650. The van der Waals surface area contributed by atoms with Gasteiger partial charge in [-0.15, -0.1) is 11.3 Å². The number of hydrogen-bond acceptors (Lipinski definition) is 5. The number of aromatic nitrogens is 2. The molecule has 4 nitrogen and oxygen atoms in total. The van der Waals surface area contributed by atoms with Gasteiger partial charge in [0.15, 0.2) is 0 Å². The van der Waals surface area contributed by atoms with Gasteiger partial charge in [-0.3, -0.25) is 4.79 Å². The van der Waals surface area contributed by atoms with Crippen LogP contribution in [0.15, 0.2) is 5.03 Å². The summed E-state index contributed by atoms with van der Waals surface area (Å²) in [6.45, 7) is 8.11. The third-order valence-corrected chi connectivity index (χ3v) is 8.14. The van der Waals surface area contributed by atoms with Crippen molar-refractivity contribution in [1.29, 1.82) is 0 Å². The Balaban J connectivity index is 1.45. The maximum absolute atomic E-state index is 12.8. The maximum Gasteiger partial charge on any atom is 0.232 e. The summed E-state index contributed by atoms with van der Waals surface area (Å²) in [5, 5.41) is 2.11. The molecular formula is C20H27N3OS2. The van der Waals surface area contributed by atoms with Gasteiger partial charge in [-0.25, -0.2) is 9.97 Å². The van der Waals surface area contributed by atoms with Crippen LogP contribution in [0.3, 0.4) is 0 Å². The van der Waals surface area contributed by atoms with Gasteiger partial charge in [-0.05, 0) is 51.0 Å². The van der Waals surface area contributed by atoms with Gasteiger partial charge in [0.2, 0.25) is 5.91 Å². The van der Waals surface area contributed by atoms with Crippen LogP contribution in [0.2, 0.25) is 0 Å². The molecule has 2 fully saturated rings. The molecule has 2 atom stereocenters. The molecule has 4 rings (SSSR count). The molecule has 0 spiro atoms. The average Bonchev–Trinajstić information content (AvgIpc) is 2.92. The van der Waals surface area contributed by atoms with E-state index < -0.39 is 0 Å². The average molecular weight is 390 g/mol. The second kappa shape index (κ2) is 7.47. The Morgan fingerprint density at radius 3 is 2.73 bits per heavy atom. The summed E-state index contributed by atoms with van der Waals surface area (Å²) in [6, 6.07) is 0. The van der Waals surface area contributed by atoms with Crippen molar-refractivity contribution in [2.75, 3.05) is 18.8 Å². The highest BCUT2D eigenvalue weighted by molar-refractivity contribution is 8.00. The van der Waals surface area contributed by atoms with Gasteiger partial charge < -0.3 is 4.90 Å². The van der Waals surface area contributed by atoms with Gasteiger partial charge in [0.25, 0.3) is 0 Å². The van der Waals surface area contributed by atoms with E-state index in [0.29, 0.717) is 5.75 Å². The third kappa shape index (κ3) is 3.50. The Morgan fingerprint density at radius 2 is 1.92 bits per heavy atom. The first-order chi connectivity index (χ1) is 12.5.